The van der Waals surface area contributed by atoms with Gasteiger partial charge in [-0.2, -0.15) is 0 Å². The Morgan fingerprint density at radius 3 is 2.19 bits per heavy atom. The van der Waals surface area contributed by atoms with E-state index in [9.17, 15) is 4.79 Å². The van der Waals surface area contributed by atoms with E-state index in [0.29, 0.717) is 0 Å². The predicted octanol–water partition coefficient (Wildman–Crippen LogP) is 5.02. The minimum Gasteiger partial charge on any atom is -0.504 e. The van der Waals surface area contributed by atoms with E-state index in [-0.39, 0.29) is 5.60 Å². The molecule has 27 heavy (non-hydrogen) atoms. The molecule has 0 aliphatic rings. The van der Waals surface area contributed by atoms with Crippen molar-refractivity contribution in [2.24, 2.45) is 0 Å². The first kappa shape index (κ1) is 22.3. The highest BCUT2D eigenvalue weighted by Crippen LogP contribution is 2.19. The summed E-state index contributed by atoms with van der Waals surface area (Å²) in [4.78, 5) is 9.59. The Kier molecular flexibility index (Phi) is 8.08. The molecule has 0 bridgehead atoms. The number of fused-ring (bicyclic) bond motifs is 1. The normalized spacial score (nSPS) is 11.3. The molecular formula is C23H28O4. The topological polar surface area (TPSA) is 55.8 Å². The van der Waals surface area contributed by atoms with Gasteiger partial charge in [0.1, 0.15) is 5.60 Å². The number of carbonyl (C=O) groups is 1. The summed E-state index contributed by atoms with van der Waals surface area (Å²) < 4.78 is 10.3. The van der Waals surface area contributed by atoms with Gasteiger partial charge in [-0.15, -0.1) is 0 Å². The first-order chi connectivity index (χ1) is 12.5. The van der Waals surface area contributed by atoms with E-state index in [1.54, 1.807) is 0 Å². The molecule has 0 aliphatic heterocycles. The highest BCUT2D eigenvalue weighted by molar-refractivity contribution is 5.83. The molecule has 0 unspecified atom stereocenters. The van der Waals surface area contributed by atoms with Gasteiger partial charge < -0.3 is 14.6 Å². The van der Waals surface area contributed by atoms with Crippen molar-refractivity contribution in [3.05, 3.63) is 60.4 Å². The van der Waals surface area contributed by atoms with Gasteiger partial charge in [0.05, 0.1) is 25.0 Å². The average Bonchev–Trinajstić information content (AvgIpc) is 2.56. The van der Waals surface area contributed by atoms with E-state index < -0.39 is 11.6 Å². The first-order valence-electron chi connectivity index (χ1n) is 8.67. The maximum atomic E-state index is 9.59. The summed E-state index contributed by atoms with van der Waals surface area (Å²) in [6.07, 6.45) is 2.02. The molecule has 0 saturated heterocycles. The van der Waals surface area contributed by atoms with E-state index in [2.05, 4.69) is 46.9 Å². The van der Waals surface area contributed by atoms with E-state index in [1.807, 2.05) is 46.8 Å². The highest BCUT2D eigenvalue weighted by Gasteiger charge is 2.23. The monoisotopic (exact) mass is 368 g/mol. The molecule has 1 N–H and O–H groups in total. The maximum absolute atomic E-state index is 9.59. The standard InChI is InChI=1S/C19H22O.C4H6O3/c1-18(2,3)20-19(4,5)13-12-15-10-11-16-8-6-7-9-17(16)14-15;1-7-3-2-4(5)6/h6-11,14H,1-5H3;2-3H,1H3,(H,5,6). The molecule has 0 aliphatic carbocycles. The number of benzene rings is 2. The number of carboxylic acids is 1. The third-order valence-corrected chi connectivity index (χ3v) is 3.17. The Hall–Kier alpha value is -2.77. The Morgan fingerprint density at radius 2 is 1.67 bits per heavy atom. The molecule has 0 radical (unpaired) electrons. The number of aliphatic carboxylic acids is 1. The molecule has 4 nitrogen and oxygen atoms in total. The van der Waals surface area contributed by atoms with Crippen LogP contribution >= 0.6 is 0 Å². The minimum atomic E-state index is -0.998. The number of rotatable bonds is 3. The van der Waals surface area contributed by atoms with Gasteiger partial charge in [-0.1, -0.05) is 42.2 Å². The van der Waals surface area contributed by atoms with Gasteiger partial charge >= 0.3 is 5.97 Å². The second kappa shape index (κ2) is 9.80. The predicted molar refractivity (Wildman–Crippen MR) is 110 cm³/mol. The van der Waals surface area contributed by atoms with Crippen LogP contribution in [0.5, 0.6) is 0 Å². The van der Waals surface area contributed by atoms with Crippen molar-refractivity contribution < 1.29 is 19.4 Å². The Balaban J connectivity index is 0.000000445. The summed E-state index contributed by atoms with van der Waals surface area (Å²) in [6, 6.07) is 14.6. The van der Waals surface area contributed by atoms with E-state index in [0.717, 1.165) is 17.9 Å². The van der Waals surface area contributed by atoms with Gasteiger partial charge in [-0.05, 0) is 57.5 Å². The lowest BCUT2D eigenvalue weighted by Crippen LogP contribution is -2.33. The maximum Gasteiger partial charge on any atom is 0.331 e. The third-order valence-electron chi connectivity index (χ3n) is 3.17. The van der Waals surface area contributed by atoms with Gasteiger partial charge in [0, 0.05) is 5.56 Å². The van der Waals surface area contributed by atoms with Crippen molar-refractivity contribution in [3.63, 3.8) is 0 Å². The highest BCUT2D eigenvalue weighted by atomic mass is 16.5. The zero-order chi connectivity index (χ0) is 20.5. The Bertz CT molecular complexity index is 846. The summed E-state index contributed by atoms with van der Waals surface area (Å²) in [7, 11) is 1.39. The number of hydrogen-bond donors (Lipinski definition) is 1. The van der Waals surface area contributed by atoms with Crippen molar-refractivity contribution in [1.29, 1.82) is 0 Å². The fourth-order valence-electron chi connectivity index (χ4n) is 2.41. The molecule has 2 aromatic rings. The minimum absolute atomic E-state index is 0.193. The van der Waals surface area contributed by atoms with Crippen LogP contribution in [0.4, 0.5) is 0 Å². The Labute approximate surface area is 161 Å². The molecule has 144 valence electrons. The van der Waals surface area contributed by atoms with Crippen molar-refractivity contribution in [1.82, 2.24) is 0 Å². The molecule has 4 heteroatoms. The second-order valence-electron chi connectivity index (χ2n) is 7.41. The molecule has 2 aromatic carbocycles. The molecule has 0 fully saturated rings. The lowest BCUT2D eigenvalue weighted by atomic mass is 10.0. The van der Waals surface area contributed by atoms with Crippen LogP contribution < -0.4 is 0 Å². The zero-order valence-electron chi connectivity index (χ0n) is 16.9. The number of carboxylic acid groups (broad SMARTS) is 1. The molecule has 0 spiro atoms. The number of methoxy groups -OCH3 is 1. The van der Waals surface area contributed by atoms with Crippen molar-refractivity contribution in [3.8, 4) is 11.8 Å². The molecule has 0 saturated carbocycles. The lowest BCUT2D eigenvalue weighted by Gasteiger charge is -2.29. The van der Waals surface area contributed by atoms with Crippen LogP contribution in [-0.4, -0.2) is 29.4 Å². The van der Waals surface area contributed by atoms with Crippen LogP contribution in [0, 0.1) is 11.8 Å². The van der Waals surface area contributed by atoms with Gasteiger partial charge in [0.2, 0.25) is 0 Å². The van der Waals surface area contributed by atoms with Gasteiger partial charge in [-0.3, -0.25) is 0 Å². The fourth-order valence-corrected chi connectivity index (χ4v) is 2.41. The van der Waals surface area contributed by atoms with Gasteiger partial charge in [-0.25, -0.2) is 4.79 Å². The summed E-state index contributed by atoms with van der Waals surface area (Å²) >= 11 is 0. The van der Waals surface area contributed by atoms with Crippen molar-refractivity contribution in [2.45, 2.75) is 45.8 Å². The zero-order valence-corrected chi connectivity index (χ0v) is 16.9. The van der Waals surface area contributed by atoms with E-state index in [4.69, 9.17) is 9.84 Å². The summed E-state index contributed by atoms with van der Waals surface area (Å²) in [5.74, 6) is 5.45. The van der Waals surface area contributed by atoms with Crippen LogP contribution in [0.3, 0.4) is 0 Å². The van der Waals surface area contributed by atoms with Crippen LogP contribution in [0.2, 0.25) is 0 Å². The fraction of sp³-hybridized carbons (Fsp3) is 0.348. The summed E-state index contributed by atoms with van der Waals surface area (Å²) in [5, 5.41) is 10.3. The van der Waals surface area contributed by atoms with Gasteiger partial charge in [0.25, 0.3) is 0 Å². The van der Waals surface area contributed by atoms with Gasteiger partial charge in [0.15, 0.2) is 0 Å². The summed E-state index contributed by atoms with van der Waals surface area (Å²) in [6.45, 7) is 10.2. The molecule has 0 heterocycles. The Morgan fingerprint density at radius 1 is 1.04 bits per heavy atom. The molecule has 0 atom stereocenters. The largest absolute Gasteiger partial charge is 0.504 e. The first-order valence-corrected chi connectivity index (χ1v) is 8.67. The third kappa shape index (κ3) is 9.48. The smallest absolute Gasteiger partial charge is 0.331 e. The molecular weight excluding hydrogens is 340 g/mol. The SMILES string of the molecule is CC(C)(C)OC(C)(C)C#Cc1ccc2ccccc2c1.COC=CC(=O)O. The lowest BCUT2D eigenvalue weighted by molar-refractivity contribution is -0.131. The average molecular weight is 368 g/mol. The van der Waals surface area contributed by atoms with Crippen LogP contribution in [0.25, 0.3) is 10.8 Å². The summed E-state index contributed by atoms with van der Waals surface area (Å²) in [5.41, 5.74) is 0.375. The number of ether oxygens (including phenoxy) is 2. The van der Waals surface area contributed by atoms with Crippen molar-refractivity contribution >= 4 is 16.7 Å². The second-order valence-corrected chi connectivity index (χ2v) is 7.41. The quantitative estimate of drug-likeness (QED) is 0.470. The van der Waals surface area contributed by atoms with E-state index >= 15 is 0 Å². The van der Waals surface area contributed by atoms with Crippen LogP contribution in [-0.2, 0) is 14.3 Å². The molecule has 0 amide bonds. The number of hydrogen-bond acceptors (Lipinski definition) is 3. The van der Waals surface area contributed by atoms with Crippen molar-refractivity contribution in [2.75, 3.05) is 7.11 Å². The molecule has 2 rings (SSSR count). The van der Waals surface area contributed by atoms with Crippen LogP contribution in [0.15, 0.2) is 54.8 Å². The molecule has 0 aromatic heterocycles. The van der Waals surface area contributed by atoms with E-state index in [1.165, 1.54) is 17.9 Å². The van der Waals surface area contributed by atoms with Crippen LogP contribution in [0.1, 0.15) is 40.2 Å².